The molecule has 0 radical (unpaired) electrons. The number of likely N-dealkylation sites (tertiary alicyclic amines) is 1. The topological polar surface area (TPSA) is 75.7 Å². The quantitative estimate of drug-likeness (QED) is 0.422. The Morgan fingerprint density at radius 3 is 2.59 bits per heavy atom. The predicted molar refractivity (Wildman–Crippen MR) is 143 cm³/mol. The van der Waals surface area contributed by atoms with Gasteiger partial charge in [-0.1, -0.05) is 12.5 Å². The lowest BCUT2D eigenvalue weighted by Gasteiger charge is -2.32. The number of carbonyl (C=O) groups excluding carboxylic acids is 1. The van der Waals surface area contributed by atoms with E-state index in [1.165, 1.54) is 19.3 Å². The van der Waals surface area contributed by atoms with E-state index < -0.39 is 0 Å². The van der Waals surface area contributed by atoms with Crippen LogP contribution in [0.2, 0.25) is 0 Å². The second kappa shape index (κ2) is 9.94. The molecule has 6 heterocycles. The summed E-state index contributed by atoms with van der Waals surface area (Å²) in [5.41, 5.74) is 5.90. The predicted octanol–water partition coefficient (Wildman–Crippen LogP) is 3.55. The van der Waals surface area contributed by atoms with Gasteiger partial charge in [-0.05, 0) is 74.3 Å². The first-order valence-electron chi connectivity index (χ1n) is 13.2. The number of carbonyl (C=O) groups is 1. The average molecular weight is 497 g/mol. The molecule has 0 spiro atoms. The molecule has 0 aliphatic carbocycles. The summed E-state index contributed by atoms with van der Waals surface area (Å²) in [6.45, 7) is 6.77. The van der Waals surface area contributed by atoms with Gasteiger partial charge in [-0.15, -0.1) is 0 Å². The van der Waals surface area contributed by atoms with Crippen LogP contribution in [0.3, 0.4) is 0 Å². The zero-order valence-corrected chi connectivity index (χ0v) is 21.3. The molecule has 0 atom stereocenters. The number of nitrogens with zero attached hydrogens (tertiary/aromatic N) is 6. The van der Waals surface area contributed by atoms with Gasteiger partial charge < -0.3 is 18.8 Å². The molecule has 0 N–H and O–H groups in total. The minimum atomic E-state index is -0.0784. The highest BCUT2D eigenvalue weighted by molar-refractivity contribution is 5.93. The van der Waals surface area contributed by atoms with Crippen LogP contribution in [-0.2, 0) is 19.5 Å². The summed E-state index contributed by atoms with van der Waals surface area (Å²) in [6, 6.07) is 11.6. The number of aromatic nitrogens is 4. The molecule has 190 valence electrons. The molecule has 37 heavy (non-hydrogen) atoms. The minimum absolute atomic E-state index is 0.0394. The fourth-order valence-corrected chi connectivity index (χ4v) is 5.70. The standard InChI is InChI=1S/C29H32N6O2/c1-21-6-5-7-27-31-25(20-35(21)27)29(37)33-15-10-26-23(19-33)18-24(22-8-11-30-12-9-22)28(36)34(26)17-16-32-13-3-2-4-14-32/h5-9,11-12,18,20H,2-4,10,13-17,19H2,1H3. The summed E-state index contributed by atoms with van der Waals surface area (Å²) in [5, 5.41) is 0. The van der Waals surface area contributed by atoms with Crippen molar-refractivity contribution in [3.63, 3.8) is 0 Å². The van der Waals surface area contributed by atoms with Crippen LogP contribution in [0.1, 0.15) is 46.7 Å². The number of aryl methyl sites for hydroxylation is 1. The molecular weight excluding hydrogens is 464 g/mol. The van der Waals surface area contributed by atoms with E-state index in [0.717, 1.165) is 47.8 Å². The number of piperidine rings is 1. The second-order valence-electron chi connectivity index (χ2n) is 10.1. The SMILES string of the molecule is Cc1cccc2nc(C(=O)N3CCc4c(cc(-c5ccncc5)c(=O)n4CCN4CCCCC4)C3)cn12. The number of fused-ring (bicyclic) bond motifs is 2. The number of imidazole rings is 1. The first-order valence-corrected chi connectivity index (χ1v) is 13.2. The van der Waals surface area contributed by atoms with E-state index in [4.69, 9.17) is 0 Å². The van der Waals surface area contributed by atoms with Crippen molar-refractivity contribution >= 4 is 11.6 Å². The fourth-order valence-electron chi connectivity index (χ4n) is 5.70. The van der Waals surface area contributed by atoms with Gasteiger partial charge in [0, 0.05) is 68.1 Å². The Labute approximate surface area is 216 Å². The van der Waals surface area contributed by atoms with Crippen molar-refractivity contribution in [1.82, 2.24) is 28.7 Å². The third-order valence-corrected chi connectivity index (χ3v) is 7.75. The van der Waals surface area contributed by atoms with Crippen molar-refractivity contribution in [3.8, 4) is 11.1 Å². The Morgan fingerprint density at radius 2 is 1.81 bits per heavy atom. The highest BCUT2D eigenvalue weighted by atomic mass is 16.2. The third-order valence-electron chi connectivity index (χ3n) is 7.75. The summed E-state index contributed by atoms with van der Waals surface area (Å²) < 4.78 is 3.92. The lowest BCUT2D eigenvalue weighted by atomic mass is 9.99. The van der Waals surface area contributed by atoms with E-state index in [-0.39, 0.29) is 11.5 Å². The van der Waals surface area contributed by atoms with Crippen LogP contribution in [0, 0.1) is 6.92 Å². The van der Waals surface area contributed by atoms with Crippen LogP contribution in [0.15, 0.2) is 59.8 Å². The highest BCUT2D eigenvalue weighted by Crippen LogP contribution is 2.25. The van der Waals surface area contributed by atoms with Crippen molar-refractivity contribution < 1.29 is 4.79 Å². The fraction of sp³-hybridized carbons (Fsp3) is 0.379. The van der Waals surface area contributed by atoms with Gasteiger partial charge >= 0.3 is 0 Å². The summed E-state index contributed by atoms with van der Waals surface area (Å²) in [6.07, 6.45) is 9.65. The van der Waals surface area contributed by atoms with E-state index >= 15 is 0 Å². The number of hydrogen-bond donors (Lipinski definition) is 0. The number of rotatable bonds is 5. The zero-order valence-electron chi connectivity index (χ0n) is 21.3. The van der Waals surface area contributed by atoms with Crippen LogP contribution < -0.4 is 5.56 Å². The third kappa shape index (κ3) is 4.57. The molecule has 4 aromatic rings. The maximum atomic E-state index is 13.7. The number of hydrogen-bond acceptors (Lipinski definition) is 5. The van der Waals surface area contributed by atoms with Crippen LogP contribution in [0.4, 0.5) is 0 Å². The second-order valence-corrected chi connectivity index (χ2v) is 10.1. The van der Waals surface area contributed by atoms with E-state index in [2.05, 4.69) is 14.9 Å². The van der Waals surface area contributed by atoms with Gasteiger partial charge in [0.2, 0.25) is 0 Å². The van der Waals surface area contributed by atoms with E-state index in [1.54, 1.807) is 12.4 Å². The summed E-state index contributed by atoms with van der Waals surface area (Å²) in [5.74, 6) is -0.0784. The Hall–Kier alpha value is -3.78. The molecule has 8 heteroatoms. The summed E-state index contributed by atoms with van der Waals surface area (Å²) in [4.78, 5) is 40.2. The Morgan fingerprint density at radius 1 is 1.00 bits per heavy atom. The molecule has 2 aliphatic heterocycles. The maximum absolute atomic E-state index is 13.7. The van der Waals surface area contributed by atoms with Gasteiger partial charge in [0.15, 0.2) is 0 Å². The molecule has 0 saturated carbocycles. The average Bonchev–Trinajstić information content (AvgIpc) is 3.38. The number of amides is 1. The highest BCUT2D eigenvalue weighted by Gasteiger charge is 2.27. The van der Waals surface area contributed by atoms with Crippen LogP contribution in [0.5, 0.6) is 0 Å². The lowest BCUT2D eigenvalue weighted by Crippen LogP contribution is -2.41. The van der Waals surface area contributed by atoms with Gasteiger partial charge in [-0.25, -0.2) is 4.98 Å². The monoisotopic (exact) mass is 496 g/mol. The van der Waals surface area contributed by atoms with Crippen molar-refractivity contribution in [1.29, 1.82) is 0 Å². The summed E-state index contributed by atoms with van der Waals surface area (Å²) in [7, 11) is 0. The van der Waals surface area contributed by atoms with Crippen LogP contribution in [-0.4, -0.2) is 60.8 Å². The maximum Gasteiger partial charge on any atom is 0.274 e. The van der Waals surface area contributed by atoms with E-state index in [1.807, 2.05) is 63.4 Å². The van der Waals surface area contributed by atoms with Gasteiger partial charge in [-0.2, -0.15) is 0 Å². The van der Waals surface area contributed by atoms with E-state index in [0.29, 0.717) is 37.3 Å². The van der Waals surface area contributed by atoms with Crippen molar-refractivity contribution in [3.05, 3.63) is 88.0 Å². The molecule has 4 aromatic heterocycles. The molecule has 1 fully saturated rings. The van der Waals surface area contributed by atoms with E-state index in [9.17, 15) is 9.59 Å². The molecule has 1 amide bonds. The molecule has 0 unspecified atom stereocenters. The molecule has 6 rings (SSSR count). The zero-order chi connectivity index (χ0) is 25.4. The lowest BCUT2D eigenvalue weighted by molar-refractivity contribution is 0.0726. The minimum Gasteiger partial charge on any atom is -0.332 e. The van der Waals surface area contributed by atoms with Crippen LogP contribution >= 0.6 is 0 Å². The molecular formula is C29H32N6O2. The van der Waals surface area contributed by atoms with Crippen molar-refractivity contribution in [2.45, 2.75) is 45.7 Å². The van der Waals surface area contributed by atoms with Gasteiger partial charge in [-0.3, -0.25) is 14.6 Å². The first kappa shape index (κ1) is 23.6. The van der Waals surface area contributed by atoms with Crippen molar-refractivity contribution in [2.24, 2.45) is 0 Å². The van der Waals surface area contributed by atoms with Gasteiger partial charge in [0.25, 0.3) is 11.5 Å². The van der Waals surface area contributed by atoms with Gasteiger partial charge in [0.05, 0.1) is 0 Å². The largest absolute Gasteiger partial charge is 0.332 e. The van der Waals surface area contributed by atoms with Gasteiger partial charge in [0.1, 0.15) is 11.3 Å². The molecule has 2 aliphatic rings. The summed E-state index contributed by atoms with van der Waals surface area (Å²) >= 11 is 0. The smallest absolute Gasteiger partial charge is 0.274 e. The normalized spacial score (nSPS) is 16.2. The molecule has 0 bridgehead atoms. The van der Waals surface area contributed by atoms with Crippen LogP contribution in [0.25, 0.3) is 16.8 Å². The molecule has 8 nitrogen and oxygen atoms in total. The number of pyridine rings is 3. The Kier molecular flexibility index (Phi) is 6.34. The molecule has 1 saturated heterocycles. The Balaban J connectivity index is 1.33. The first-order chi connectivity index (χ1) is 18.1. The van der Waals surface area contributed by atoms with Crippen molar-refractivity contribution in [2.75, 3.05) is 26.2 Å². The Bertz CT molecular complexity index is 1500. The molecule has 0 aromatic carbocycles.